The summed E-state index contributed by atoms with van der Waals surface area (Å²) in [6.45, 7) is 2.98. The van der Waals surface area contributed by atoms with Crippen molar-refractivity contribution >= 4 is 23.2 Å². The summed E-state index contributed by atoms with van der Waals surface area (Å²) in [5.41, 5.74) is 1.28. The quantitative estimate of drug-likeness (QED) is 0.909. The van der Waals surface area contributed by atoms with E-state index in [1.165, 1.54) is 20.1 Å². The van der Waals surface area contributed by atoms with Gasteiger partial charge in [0.15, 0.2) is 0 Å². The van der Waals surface area contributed by atoms with E-state index in [1.807, 2.05) is 0 Å². The van der Waals surface area contributed by atoms with Gasteiger partial charge in [-0.05, 0) is 30.7 Å². The van der Waals surface area contributed by atoms with E-state index in [0.717, 1.165) is 0 Å². The molecule has 0 fully saturated rings. The molecule has 120 valence electrons. The Labute approximate surface area is 133 Å². The Bertz CT molecular complexity index is 759. The number of hydrogen-bond donors (Lipinski definition) is 2. The van der Waals surface area contributed by atoms with E-state index in [4.69, 9.17) is 4.74 Å². The second kappa shape index (κ2) is 6.91. The smallest absolute Gasteiger partial charge is 0.258 e. The molecule has 0 atom stereocenters. The van der Waals surface area contributed by atoms with Crippen molar-refractivity contribution in [3.8, 4) is 5.75 Å². The normalized spacial score (nSPS) is 10.1. The van der Waals surface area contributed by atoms with Crippen LogP contribution in [-0.4, -0.2) is 18.9 Å². The fraction of sp³-hybridized carbons (Fsp3) is 0.176. The van der Waals surface area contributed by atoms with E-state index in [2.05, 4.69) is 10.6 Å². The largest absolute Gasteiger partial charge is 0.494 e. The molecule has 2 N–H and O–H groups in total. The number of halogens is 1. The first-order valence-electron chi connectivity index (χ1n) is 6.94. The maximum atomic E-state index is 14.0. The van der Waals surface area contributed by atoms with Gasteiger partial charge in [0, 0.05) is 18.7 Å². The summed E-state index contributed by atoms with van der Waals surface area (Å²) in [4.78, 5) is 23.3. The van der Waals surface area contributed by atoms with Gasteiger partial charge in [-0.1, -0.05) is 12.1 Å². The van der Waals surface area contributed by atoms with Gasteiger partial charge in [-0.25, -0.2) is 4.39 Å². The molecular formula is C17H17FN2O3. The van der Waals surface area contributed by atoms with Crippen LogP contribution < -0.4 is 15.4 Å². The Morgan fingerprint density at radius 3 is 2.52 bits per heavy atom. The van der Waals surface area contributed by atoms with Crippen LogP contribution in [0.25, 0.3) is 0 Å². The third-order valence-electron chi connectivity index (χ3n) is 3.21. The zero-order valence-corrected chi connectivity index (χ0v) is 13.1. The lowest BCUT2D eigenvalue weighted by Crippen LogP contribution is -2.14. The molecule has 0 bridgehead atoms. The Kier molecular flexibility index (Phi) is 4.95. The minimum atomic E-state index is -0.555. The van der Waals surface area contributed by atoms with E-state index in [-0.39, 0.29) is 11.5 Å². The predicted molar refractivity (Wildman–Crippen MR) is 86.4 cm³/mol. The molecule has 6 heteroatoms. The van der Waals surface area contributed by atoms with Crippen molar-refractivity contribution in [1.29, 1.82) is 0 Å². The zero-order chi connectivity index (χ0) is 17.0. The molecule has 0 aromatic heterocycles. The highest BCUT2D eigenvalue weighted by molar-refractivity contribution is 6.05. The van der Waals surface area contributed by atoms with Gasteiger partial charge in [-0.15, -0.1) is 0 Å². The Hall–Kier alpha value is -2.89. The maximum absolute atomic E-state index is 14.0. The molecule has 0 heterocycles. The summed E-state index contributed by atoms with van der Waals surface area (Å²) in [6.07, 6.45) is 0. The standard InChI is InChI=1S/C17H17FN2O3/c1-10-5-4-6-13(16(10)18)17(22)20-12-7-8-14(19-11(2)21)15(9-12)23-3/h4-9H,1-3H3,(H,19,21)(H,20,22). The molecule has 23 heavy (non-hydrogen) atoms. The summed E-state index contributed by atoms with van der Waals surface area (Å²) in [7, 11) is 1.45. The van der Waals surface area contributed by atoms with Crippen molar-refractivity contribution in [3.63, 3.8) is 0 Å². The number of anilines is 2. The first kappa shape index (κ1) is 16.5. The minimum Gasteiger partial charge on any atom is -0.494 e. The third kappa shape index (κ3) is 3.85. The van der Waals surface area contributed by atoms with Crippen LogP contribution in [0.1, 0.15) is 22.8 Å². The van der Waals surface area contributed by atoms with Gasteiger partial charge in [0.25, 0.3) is 5.91 Å². The topological polar surface area (TPSA) is 67.4 Å². The predicted octanol–water partition coefficient (Wildman–Crippen LogP) is 3.35. The van der Waals surface area contributed by atoms with Crippen LogP contribution in [0.2, 0.25) is 0 Å². The van der Waals surface area contributed by atoms with Crippen LogP contribution in [-0.2, 0) is 4.79 Å². The number of nitrogens with one attached hydrogen (secondary N) is 2. The molecule has 2 aromatic rings. The molecule has 0 aliphatic carbocycles. The summed E-state index contributed by atoms with van der Waals surface area (Å²) in [5, 5.41) is 5.23. The van der Waals surface area contributed by atoms with Gasteiger partial charge in [-0.2, -0.15) is 0 Å². The van der Waals surface area contributed by atoms with E-state index < -0.39 is 11.7 Å². The molecule has 0 unspecified atom stereocenters. The second-order valence-corrected chi connectivity index (χ2v) is 4.99. The summed E-state index contributed by atoms with van der Waals surface area (Å²) >= 11 is 0. The molecule has 0 radical (unpaired) electrons. The SMILES string of the molecule is COc1cc(NC(=O)c2cccc(C)c2F)ccc1NC(C)=O. The van der Waals surface area contributed by atoms with Crippen LogP contribution in [0, 0.1) is 12.7 Å². The van der Waals surface area contributed by atoms with Gasteiger partial charge in [-0.3, -0.25) is 9.59 Å². The number of ether oxygens (including phenoxy) is 1. The van der Waals surface area contributed by atoms with Gasteiger partial charge < -0.3 is 15.4 Å². The summed E-state index contributed by atoms with van der Waals surface area (Å²) in [6, 6.07) is 9.38. The van der Waals surface area contributed by atoms with Gasteiger partial charge in [0.1, 0.15) is 11.6 Å². The Morgan fingerprint density at radius 1 is 1.13 bits per heavy atom. The van der Waals surface area contributed by atoms with Crippen molar-refractivity contribution in [2.75, 3.05) is 17.7 Å². The van der Waals surface area contributed by atoms with Gasteiger partial charge in [0.2, 0.25) is 5.91 Å². The number of methoxy groups -OCH3 is 1. The van der Waals surface area contributed by atoms with E-state index >= 15 is 0 Å². The zero-order valence-electron chi connectivity index (χ0n) is 13.1. The van der Waals surface area contributed by atoms with Crippen LogP contribution >= 0.6 is 0 Å². The van der Waals surface area contributed by atoms with Crippen molar-refractivity contribution < 1.29 is 18.7 Å². The summed E-state index contributed by atoms with van der Waals surface area (Å²) in [5.74, 6) is -0.947. The van der Waals surface area contributed by atoms with E-state index in [0.29, 0.717) is 22.7 Å². The van der Waals surface area contributed by atoms with Gasteiger partial charge >= 0.3 is 0 Å². The molecule has 2 amide bonds. The number of carbonyl (C=O) groups is 2. The third-order valence-corrected chi connectivity index (χ3v) is 3.21. The van der Waals surface area contributed by atoms with E-state index in [1.54, 1.807) is 37.3 Å². The molecule has 0 aliphatic rings. The average molecular weight is 316 g/mol. The molecule has 5 nitrogen and oxygen atoms in total. The highest BCUT2D eigenvalue weighted by Crippen LogP contribution is 2.28. The summed E-state index contributed by atoms with van der Waals surface area (Å²) < 4.78 is 19.2. The second-order valence-electron chi connectivity index (χ2n) is 4.99. The number of rotatable bonds is 4. The molecule has 0 aliphatic heterocycles. The monoisotopic (exact) mass is 316 g/mol. The average Bonchev–Trinajstić information content (AvgIpc) is 2.50. The molecule has 2 aromatic carbocycles. The lowest BCUT2D eigenvalue weighted by Gasteiger charge is -2.12. The van der Waals surface area contributed by atoms with Crippen molar-refractivity contribution in [2.45, 2.75) is 13.8 Å². The molecule has 0 saturated heterocycles. The van der Waals surface area contributed by atoms with Gasteiger partial charge in [0.05, 0.1) is 18.4 Å². The van der Waals surface area contributed by atoms with Crippen molar-refractivity contribution in [2.24, 2.45) is 0 Å². The number of benzene rings is 2. The first-order valence-corrected chi connectivity index (χ1v) is 6.94. The number of amides is 2. The highest BCUT2D eigenvalue weighted by atomic mass is 19.1. The highest BCUT2D eigenvalue weighted by Gasteiger charge is 2.14. The molecule has 0 saturated carbocycles. The number of hydrogen-bond acceptors (Lipinski definition) is 3. The lowest BCUT2D eigenvalue weighted by atomic mass is 10.1. The molecule has 0 spiro atoms. The Balaban J connectivity index is 2.24. The van der Waals surface area contributed by atoms with Crippen LogP contribution in [0.4, 0.5) is 15.8 Å². The fourth-order valence-electron chi connectivity index (χ4n) is 2.08. The molecular weight excluding hydrogens is 299 g/mol. The van der Waals surface area contributed by atoms with Crippen molar-refractivity contribution in [1.82, 2.24) is 0 Å². The maximum Gasteiger partial charge on any atom is 0.258 e. The fourth-order valence-corrected chi connectivity index (χ4v) is 2.08. The minimum absolute atomic E-state index is 0.0325. The molecule has 2 rings (SSSR count). The van der Waals surface area contributed by atoms with Crippen molar-refractivity contribution in [3.05, 3.63) is 53.3 Å². The van der Waals surface area contributed by atoms with Crippen LogP contribution in [0.15, 0.2) is 36.4 Å². The number of carbonyl (C=O) groups excluding carboxylic acids is 2. The lowest BCUT2D eigenvalue weighted by molar-refractivity contribution is -0.114. The Morgan fingerprint density at radius 2 is 1.87 bits per heavy atom. The van der Waals surface area contributed by atoms with E-state index in [9.17, 15) is 14.0 Å². The van der Waals surface area contributed by atoms with Crippen LogP contribution in [0.5, 0.6) is 5.75 Å². The van der Waals surface area contributed by atoms with Crippen LogP contribution in [0.3, 0.4) is 0 Å². The number of aryl methyl sites for hydroxylation is 1. The first-order chi connectivity index (χ1) is 10.9.